The molecular formula is C15H15ClN4O3S3. The third kappa shape index (κ3) is 4.14. The molecule has 0 aliphatic rings. The van der Waals surface area contributed by atoms with Gasteiger partial charge in [-0.15, -0.1) is 22.7 Å². The van der Waals surface area contributed by atoms with E-state index in [0.717, 1.165) is 29.7 Å². The van der Waals surface area contributed by atoms with Gasteiger partial charge in [0.1, 0.15) is 4.88 Å². The van der Waals surface area contributed by atoms with Crippen LogP contribution in [0.25, 0.3) is 0 Å². The van der Waals surface area contributed by atoms with Crippen LogP contribution >= 0.6 is 34.3 Å². The molecule has 1 N–H and O–H groups in total. The van der Waals surface area contributed by atoms with Crippen molar-refractivity contribution in [3.8, 4) is 0 Å². The molecule has 0 radical (unpaired) electrons. The lowest BCUT2D eigenvalue weighted by molar-refractivity contribution is 0.103. The average molecular weight is 431 g/mol. The molecule has 11 heteroatoms. The summed E-state index contributed by atoms with van der Waals surface area (Å²) in [5, 5.41) is 8.22. The molecule has 0 fully saturated rings. The van der Waals surface area contributed by atoms with Gasteiger partial charge in [-0.05, 0) is 6.92 Å². The van der Waals surface area contributed by atoms with Gasteiger partial charge in [0.15, 0.2) is 9.84 Å². The highest BCUT2D eigenvalue weighted by molar-refractivity contribution is 7.91. The number of sulfone groups is 1. The summed E-state index contributed by atoms with van der Waals surface area (Å²) in [6, 6.07) is 0. The summed E-state index contributed by atoms with van der Waals surface area (Å²) < 4.78 is 25.0. The van der Waals surface area contributed by atoms with Gasteiger partial charge in [-0.1, -0.05) is 11.6 Å². The zero-order chi connectivity index (χ0) is 18.9. The molecule has 0 aliphatic heterocycles. The molecule has 26 heavy (non-hydrogen) atoms. The summed E-state index contributed by atoms with van der Waals surface area (Å²) in [4.78, 5) is 17.9. The molecule has 0 atom stereocenters. The van der Waals surface area contributed by atoms with Gasteiger partial charge in [-0.2, -0.15) is 5.10 Å². The molecule has 3 rings (SSSR count). The van der Waals surface area contributed by atoms with Crippen LogP contribution in [0.4, 0.5) is 5.69 Å². The first-order chi connectivity index (χ1) is 12.3. The molecule has 0 aliphatic carbocycles. The molecule has 0 bridgehead atoms. The Labute approximate surface area is 163 Å². The van der Waals surface area contributed by atoms with E-state index in [0.29, 0.717) is 12.2 Å². The number of carbonyl (C=O) groups excluding carboxylic acids is 1. The standard InChI is InChI=1S/C15H15ClN4O3S3/c1-9-11(25-8-17-9)3-4-20-6-10(5-18-20)19-15(21)14-13(16)12(7-24-14)26(2,22)23/h5-8H,3-4H2,1-2H3,(H,19,21). The molecule has 7 nitrogen and oxygen atoms in total. The van der Waals surface area contributed by atoms with Crippen molar-refractivity contribution < 1.29 is 13.2 Å². The number of nitrogens with zero attached hydrogens (tertiary/aromatic N) is 3. The van der Waals surface area contributed by atoms with Crippen LogP contribution in [-0.2, 0) is 22.8 Å². The first kappa shape index (κ1) is 19.0. The van der Waals surface area contributed by atoms with Crippen molar-refractivity contribution in [3.63, 3.8) is 0 Å². The van der Waals surface area contributed by atoms with Gasteiger partial charge < -0.3 is 5.32 Å². The first-order valence-corrected chi connectivity index (χ1v) is 11.5. The summed E-state index contributed by atoms with van der Waals surface area (Å²) in [5.41, 5.74) is 3.35. The molecule has 0 saturated heterocycles. The maximum Gasteiger partial charge on any atom is 0.267 e. The van der Waals surface area contributed by atoms with E-state index in [-0.39, 0.29) is 14.8 Å². The zero-order valence-corrected chi connectivity index (χ0v) is 17.1. The Balaban J connectivity index is 1.66. The topological polar surface area (TPSA) is 94.0 Å². The van der Waals surface area contributed by atoms with Crippen molar-refractivity contribution in [1.29, 1.82) is 0 Å². The van der Waals surface area contributed by atoms with Gasteiger partial charge in [0.05, 0.1) is 33.0 Å². The third-order valence-electron chi connectivity index (χ3n) is 3.61. The van der Waals surface area contributed by atoms with E-state index in [4.69, 9.17) is 11.6 Å². The number of rotatable bonds is 6. The smallest absolute Gasteiger partial charge is 0.267 e. The Bertz CT molecular complexity index is 1050. The highest BCUT2D eigenvalue weighted by atomic mass is 35.5. The van der Waals surface area contributed by atoms with Crippen molar-refractivity contribution in [1.82, 2.24) is 14.8 Å². The van der Waals surface area contributed by atoms with Crippen LogP contribution in [0.2, 0.25) is 5.02 Å². The van der Waals surface area contributed by atoms with Crippen LogP contribution < -0.4 is 5.32 Å². The average Bonchev–Trinajstić information content (AvgIpc) is 3.25. The molecule has 0 unspecified atom stereocenters. The van der Waals surface area contributed by atoms with Crippen LogP contribution in [0, 0.1) is 6.92 Å². The van der Waals surface area contributed by atoms with E-state index >= 15 is 0 Å². The summed E-state index contributed by atoms with van der Waals surface area (Å²) in [6.07, 6.45) is 5.11. The quantitative estimate of drug-likeness (QED) is 0.647. The van der Waals surface area contributed by atoms with Crippen LogP contribution in [0.15, 0.2) is 28.2 Å². The van der Waals surface area contributed by atoms with Crippen molar-refractivity contribution >= 4 is 55.7 Å². The number of thiazole rings is 1. The molecular weight excluding hydrogens is 416 g/mol. The number of hydrogen-bond donors (Lipinski definition) is 1. The molecule has 0 spiro atoms. The highest BCUT2D eigenvalue weighted by Crippen LogP contribution is 2.32. The summed E-state index contributed by atoms with van der Waals surface area (Å²) in [6.45, 7) is 2.63. The third-order valence-corrected chi connectivity index (χ3v) is 7.47. The maximum absolute atomic E-state index is 12.4. The maximum atomic E-state index is 12.4. The zero-order valence-electron chi connectivity index (χ0n) is 13.9. The minimum absolute atomic E-state index is 0.0371. The number of aromatic nitrogens is 3. The molecule has 3 aromatic heterocycles. The van der Waals surface area contributed by atoms with Crippen molar-refractivity contribution in [2.75, 3.05) is 11.6 Å². The minimum Gasteiger partial charge on any atom is -0.319 e. The number of nitrogens with one attached hydrogen (secondary N) is 1. The van der Waals surface area contributed by atoms with Crippen molar-refractivity contribution in [2.24, 2.45) is 0 Å². The largest absolute Gasteiger partial charge is 0.319 e. The van der Waals surface area contributed by atoms with E-state index in [1.54, 1.807) is 22.2 Å². The molecule has 1 amide bonds. The lowest BCUT2D eigenvalue weighted by atomic mass is 10.3. The van der Waals surface area contributed by atoms with Crippen molar-refractivity contribution in [2.45, 2.75) is 24.8 Å². The van der Waals surface area contributed by atoms with Gasteiger partial charge in [-0.25, -0.2) is 13.4 Å². The Hall–Kier alpha value is -1.75. The van der Waals surface area contributed by atoms with E-state index in [1.165, 1.54) is 16.5 Å². The molecule has 3 aromatic rings. The molecule has 0 saturated carbocycles. The fourth-order valence-corrected chi connectivity index (χ4v) is 5.83. The van der Waals surface area contributed by atoms with E-state index < -0.39 is 15.7 Å². The number of aryl methyl sites for hydroxylation is 3. The van der Waals surface area contributed by atoms with Gasteiger partial charge in [0.25, 0.3) is 5.91 Å². The minimum atomic E-state index is -3.47. The second-order valence-electron chi connectivity index (χ2n) is 5.57. The fourth-order valence-electron chi connectivity index (χ4n) is 2.25. The lowest BCUT2D eigenvalue weighted by Crippen LogP contribution is -2.10. The number of anilines is 1. The lowest BCUT2D eigenvalue weighted by Gasteiger charge is -2.02. The number of carbonyl (C=O) groups is 1. The van der Waals surface area contributed by atoms with Gasteiger partial charge in [0.2, 0.25) is 0 Å². The number of halogens is 1. The van der Waals surface area contributed by atoms with E-state index in [1.807, 2.05) is 12.4 Å². The van der Waals surface area contributed by atoms with Crippen molar-refractivity contribution in [3.05, 3.63) is 43.8 Å². The predicted molar refractivity (Wildman–Crippen MR) is 103 cm³/mol. The second-order valence-corrected chi connectivity index (χ2v) is 9.75. The number of thiophene rings is 1. The Morgan fingerprint density at radius 2 is 2.15 bits per heavy atom. The second kappa shape index (κ2) is 7.47. The van der Waals surface area contributed by atoms with E-state index in [2.05, 4.69) is 15.4 Å². The fraction of sp³-hybridized carbons (Fsp3) is 0.267. The SMILES string of the molecule is Cc1ncsc1CCn1cc(NC(=O)c2scc(S(C)(=O)=O)c2Cl)cn1. The Kier molecular flexibility index (Phi) is 5.47. The number of amides is 1. The van der Waals surface area contributed by atoms with Gasteiger partial charge >= 0.3 is 0 Å². The van der Waals surface area contributed by atoms with Gasteiger partial charge in [-0.3, -0.25) is 9.48 Å². The predicted octanol–water partition coefficient (Wildman–Crippen LogP) is 3.26. The summed E-state index contributed by atoms with van der Waals surface area (Å²) >= 11 is 8.64. The summed E-state index contributed by atoms with van der Waals surface area (Å²) in [7, 11) is -3.47. The molecule has 138 valence electrons. The summed E-state index contributed by atoms with van der Waals surface area (Å²) in [5.74, 6) is -0.465. The number of hydrogen-bond acceptors (Lipinski definition) is 7. The highest BCUT2D eigenvalue weighted by Gasteiger charge is 2.22. The van der Waals surface area contributed by atoms with Crippen LogP contribution in [-0.4, -0.2) is 35.3 Å². The van der Waals surface area contributed by atoms with Gasteiger partial charge in [0, 0.05) is 35.7 Å². The van der Waals surface area contributed by atoms with Crippen LogP contribution in [0.3, 0.4) is 0 Å². The van der Waals surface area contributed by atoms with Crippen LogP contribution in [0.5, 0.6) is 0 Å². The monoisotopic (exact) mass is 430 g/mol. The van der Waals surface area contributed by atoms with Crippen LogP contribution in [0.1, 0.15) is 20.2 Å². The first-order valence-electron chi connectivity index (χ1n) is 7.45. The van der Waals surface area contributed by atoms with E-state index in [9.17, 15) is 13.2 Å². The Morgan fingerprint density at radius 3 is 2.77 bits per heavy atom. The molecule has 3 heterocycles. The normalized spacial score (nSPS) is 11.7. The molecule has 0 aromatic carbocycles. The Morgan fingerprint density at radius 1 is 1.38 bits per heavy atom.